The molecule has 2 fully saturated rings. The molecular weight excluding hydrogens is 408 g/mol. The van der Waals surface area contributed by atoms with Crippen LogP contribution in [0, 0.1) is 0 Å². The Morgan fingerprint density at radius 1 is 1.16 bits per heavy atom. The maximum atomic E-state index is 12.9. The van der Waals surface area contributed by atoms with Crippen LogP contribution < -0.4 is 14.8 Å². The van der Waals surface area contributed by atoms with Crippen molar-refractivity contribution in [2.24, 2.45) is 0 Å². The van der Waals surface area contributed by atoms with Gasteiger partial charge in [0.05, 0.1) is 26.7 Å². The highest BCUT2D eigenvalue weighted by Crippen LogP contribution is 2.32. The molecule has 0 bridgehead atoms. The Morgan fingerprint density at radius 3 is 2.66 bits per heavy atom. The van der Waals surface area contributed by atoms with Gasteiger partial charge in [0.25, 0.3) is 0 Å². The van der Waals surface area contributed by atoms with Gasteiger partial charge >= 0.3 is 0 Å². The van der Waals surface area contributed by atoms with E-state index in [1.54, 1.807) is 19.1 Å². The van der Waals surface area contributed by atoms with E-state index in [0.29, 0.717) is 37.7 Å². The van der Waals surface area contributed by atoms with E-state index in [4.69, 9.17) is 9.47 Å². The molecule has 32 heavy (non-hydrogen) atoms. The van der Waals surface area contributed by atoms with Crippen molar-refractivity contribution < 1.29 is 19.1 Å². The Hall–Kier alpha value is -2.32. The van der Waals surface area contributed by atoms with Crippen molar-refractivity contribution in [2.45, 2.75) is 44.7 Å². The molecule has 2 saturated heterocycles. The first-order valence-corrected chi connectivity index (χ1v) is 11.7. The highest BCUT2D eigenvalue weighted by Gasteiger charge is 2.33. The molecule has 0 spiro atoms. The van der Waals surface area contributed by atoms with Crippen LogP contribution in [0.3, 0.4) is 0 Å². The molecule has 0 aliphatic carbocycles. The second-order valence-electron chi connectivity index (χ2n) is 8.71. The number of likely N-dealkylation sites (tertiary alicyclic amines) is 1. The number of hydrogen-bond donors (Lipinski definition) is 1. The summed E-state index contributed by atoms with van der Waals surface area (Å²) in [5.74, 6) is 1.25. The van der Waals surface area contributed by atoms with Gasteiger partial charge in [0.1, 0.15) is 0 Å². The molecule has 178 valence electrons. The lowest BCUT2D eigenvalue weighted by Gasteiger charge is -2.35. The predicted molar refractivity (Wildman–Crippen MR) is 124 cm³/mol. The third-order valence-corrected chi connectivity index (χ3v) is 6.51. The Kier molecular flexibility index (Phi) is 9.17. The maximum absolute atomic E-state index is 12.9. The van der Waals surface area contributed by atoms with Crippen molar-refractivity contribution in [3.63, 3.8) is 0 Å². The number of ether oxygens (including phenoxy) is 2. The molecule has 0 radical (unpaired) electrons. The van der Waals surface area contributed by atoms with Gasteiger partial charge in [-0.15, -0.1) is 0 Å². The molecule has 0 saturated carbocycles. The summed E-state index contributed by atoms with van der Waals surface area (Å²) in [5.41, 5.74) is 0.939. The van der Waals surface area contributed by atoms with Crippen molar-refractivity contribution in [1.29, 1.82) is 0 Å². The number of carbonyl (C=O) groups is 2. The number of piperazine rings is 1. The molecule has 2 aliphatic rings. The number of carbonyl (C=O) groups excluding carboxylic acids is 2. The zero-order chi connectivity index (χ0) is 22.9. The van der Waals surface area contributed by atoms with Crippen molar-refractivity contribution in [2.75, 3.05) is 60.5 Å². The monoisotopic (exact) mass is 446 g/mol. The average molecular weight is 447 g/mol. The number of benzene rings is 1. The molecule has 8 heteroatoms. The minimum atomic E-state index is -0.489. The van der Waals surface area contributed by atoms with Crippen LogP contribution in [0.5, 0.6) is 11.5 Å². The lowest BCUT2D eigenvalue weighted by Crippen LogP contribution is -2.56. The lowest BCUT2D eigenvalue weighted by atomic mass is 10.1. The Morgan fingerprint density at radius 2 is 1.94 bits per heavy atom. The van der Waals surface area contributed by atoms with Crippen LogP contribution in [0.4, 0.5) is 0 Å². The zero-order valence-corrected chi connectivity index (χ0v) is 19.8. The van der Waals surface area contributed by atoms with E-state index in [0.717, 1.165) is 18.5 Å². The molecule has 3 rings (SSSR count). The molecule has 8 nitrogen and oxygen atoms in total. The topological polar surface area (TPSA) is 74.4 Å². The molecule has 1 aromatic carbocycles. The van der Waals surface area contributed by atoms with E-state index >= 15 is 0 Å². The molecular formula is C24H38N4O4. The van der Waals surface area contributed by atoms with Crippen molar-refractivity contribution in [1.82, 2.24) is 20.0 Å². The van der Waals surface area contributed by atoms with E-state index in [1.165, 1.54) is 32.4 Å². The molecule has 1 aromatic rings. The van der Waals surface area contributed by atoms with Gasteiger partial charge in [0, 0.05) is 38.8 Å². The second kappa shape index (κ2) is 12.1. The fraction of sp³-hybridized carbons (Fsp3) is 0.667. The minimum Gasteiger partial charge on any atom is -0.493 e. The van der Waals surface area contributed by atoms with Gasteiger partial charge in [-0.05, 0) is 45.0 Å². The van der Waals surface area contributed by atoms with Crippen LogP contribution in [-0.4, -0.2) is 93.1 Å². The molecule has 2 amide bonds. The minimum absolute atomic E-state index is 0.00769. The number of nitrogens with one attached hydrogen (secondary N) is 1. The van der Waals surface area contributed by atoms with Crippen LogP contribution in [0.15, 0.2) is 18.2 Å². The summed E-state index contributed by atoms with van der Waals surface area (Å²) in [5, 5.41) is 2.92. The Balaban J connectivity index is 1.58. The number of hydrogen-bond acceptors (Lipinski definition) is 6. The summed E-state index contributed by atoms with van der Waals surface area (Å²) >= 11 is 0. The molecule has 2 aliphatic heterocycles. The predicted octanol–water partition coefficient (Wildman–Crippen LogP) is 1.73. The summed E-state index contributed by atoms with van der Waals surface area (Å²) in [6.45, 7) is 5.86. The Labute approximate surface area is 191 Å². The summed E-state index contributed by atoms with van der Waals surface area (Å²) in [7, 11) is 5.07. The fourth-order valence-corrected chi connectivity index (χ4v) is 4.63. The van der Waals surface area contributed by atoms with Gasteiger partial charge in [-0.2, -0.15) is 0 Å². The standard InChI is InChI=1S/C24H38N4O4/c1-26(12-8-15-27-13-5-4-6-14-27)22(29)17-20-24(30)25-11-16-28(20)18-19-9-7-10-21(31-2)23(19)32-3/h7,9-10,20H,4-6,8,11-18H2,1-3H3,(H,25,30). The smallest absolute Gasteiger partial charge is 0.237 e. The normalized spacial score (nSPS) is 20.0. The SMILES string of the molecule is COc1cccc(CN2CCNC(=O)C2CC(=O)N(C)CCCN2CCCCC2)c1OC. The average Bonchev–Trinajstić information content (AvgIpc) is 2.81. The number of methoxy groups -OCH3 is 2. The first kappa shape index (κ1) is 24.3. The van der Waals surface area contributed by atoms with Crippen LogP contribution in [0.25, 0.3) is 0 Å². The van der Waals surface area contributed by atoms with Gasteiger partial charge < -0.3 is 24.6 Å². The largest absolute Gasteiger partial charge is 0.493 e. The third kappa shape index (κ3) is 6.36. The van der Waals surface area contributed by atoms with E-state index in [2.05, 4.69) is 15.1 Å². The van der Waals surface area contributed by atoms with Crippen LogP contribution >= 0.6 is 0 Å². The summed E-state index contributed by atoms with van der Waals surface area (Å²) in [6.07, 6.45) is 5.03. The van der Waals surface area contributed by atoms with Gasteiger partial charge in [0.15, 0.2) is 11.5 Å². The van der Waals surface area contributed by atoms with E-state index < -0.39 is 6.04 Å². The van der Waals surface area contributed by atoms with Crippen molar-refractivity contribution >= 4 is 11.8 Å². The quantitative estimate of drug-likeness (QED) is 0.590. The first-order valence-electron chi connectivity index (χ1n) is 11.7. The molecule has 1 unspecified atom stereocenters. The third-order valence-electron chi connectivity index (χ3n) is 6.51. The number of para-hydroxylation sites is 1. The highest BCUT2D eigenvalue weighted by atomic mass is 16.5. The zero-order valence-electron chi connectivity index (χ0n) is 19.8. The molecule has 1 atom stereocenters. The fourth-order valence-electron chi connectivity index (χ4n) is 4.63. The molecule has 0 aromatic heterocycles. The lowest BCUT2D eigenvalue weighted by molar-refractivity contribution is -0.138. The summed E-state index contributed by atoms with van der Waals surface area (Å²) < 4.78 is 11.0. The number of nitrogens with zero attached hydrogens (tertiary/aromatic N) is 3. The van der Waals surface area contributed by atoms with Crippen LogP contribution in [-0.2, 0) is 16.1 Å². The number of amides is 2. The van der Waals surface area contributed by atoms with E-state index in [9.17, 15) is 9.59 Å². The number of piperidine rings is 1. The molecule has 2 heterocycles. The number of rotatable bonds is 10. The maximum Gasteiger partial charge on any atom is 0.237 e. The van der Waals surface area contributed by atoms with Crippen LogP contribution in [0.2, 0.25) is 0 Å². The molecule has 1 N–H and O–H groups in total. The summed E-state index contributed by atoms with van der Waals surface area (Å²) in [6, 6.07) is 5.25. The van der Waals surface area contributed by atoms with Crippen molar-refractivity contribution in [3.8, 4) is 11.5 Å². The van der Waals surface area contributed by atoms with E-state index in [1.807, 2.05) is 25.2 Å². The second-order valence-corrected chi connectivity index (χ2v) is 8.71. The van der Waals surface area contributed by atoms with Gasteiger partial charge in [-0.25, -0.2) is 0 Å². The van der Waals surface area contributed by atoms with Crippen molar-refractivity contribution in [3.05, 3.63) is 23.8 Å². The van der Waals surface area contributed by atoms with Crippen LogP contribution in [0.1, 0.15) is 37.7 Å². The van der Waals surface area contributed by atoms with E-state index in [-0.39, 0.29) is 18.2 Å². The Bertz CT molecular complexity index is 766. The van der Waals surface area contributed by atoms with Gasteiger partial charge in [-0.1, -0.05) is 18.6 Å². The first-order chi connectivity index (χ1) is 15.5. The highest BCUT2D eigenvalue weighted by molar-refractivity contribution is 5.88. The summed E-state index contributed by atoms with van der Waals surface area (Å²) in [4.78, 5) is 31.9. The van der Waals surface area contributed by atoms with Gasteiger partial charge in [0.2, 0.25) is 11.8 Å². The van der Waals surface area contributed by atoms with Gasteiger partial charge in [-0.3, -0.25) is 14.5 Å².